The van der Waals surface area contributed by atoms with E-state index in [-0.39, 0.29) is 24.7 Å². The summed E-state index contributed by atoms with van der Waals surface area (Å²) < 4.78 is 5.68. The van der Waals surface area contributed by atoms with Gasteiger partial charge in [-0.2, -0.15) is 0 Å². The number of carbonyl (C=O) groups excluding carboxylic acids is 1. The molecule has 1 amide bonds. The summed E-state index contributed by atoms with van der Waals surface area (Å²) >= 11 is 0. The summed E-state index contributed by atoms with van der Waals surface area (Å²) in [6.07, 6.45) is 6.07. The maximum absolute atomic E-state index is 12.0. The molecule has 0 bridgehead atoms. The predicted octanol–water partition coefficient (Wildman–Crippen LogP) is 2.11. The zero-order valence-corrected chi connectivity index (χ0v) is 12.3. The molecule has 2 N–H and O–H groups in total. The Labute approximate surface area is 125 Å². The highest BCUT2D eigenvalue weighted by Gasteiger charge is 2.31. The molecule has 0 radical (unpaired) electrons. The molecule has 1 fully saturated rings. The Morgan fingerprint density at radius 2 is 2.00 bits per heavy atom. The third-order valence-electron chi connectivity index (χ3n) is 4.52. The first kappa shape index (κ1) is 14.5. The van der Waals surface area contributed by atoms with Gasteiger partial charge in [-0.05, 0) is 24.0 Å². The van der Waals surface area contributed by atoms with E-state index < -0.39 is 6.10 Å². The van der Waals surface area contributed by atoms with Crippen molar-refractivity contribution in [2.45, 2.75) is 56.8 Å². The summed E-state index contributed by atoms with van der Waals surface area (Å²) in [5, 5.41) is 13.0. The van der Waals surface area contributed by atoms with Gasteiger partial charge in [0.25, 0.3) is 0 Å². The average molecular weight is 289 g/mol. The number of aliphatic hydroxyl groups excluding tert-OH is 1. The van der Waals surface area contributed by atoms with Crippen molar-refractivity contribution in [2.24, 2.45) is 0 Å². The van der Waals surface area contributed by atoms with Gasteiger partial charge in [-0.15, -0.1) is 0 Å². The maximum Gasteiger partial charge on any atom is 0.246 e. The van der Waals surface area contributed by atoms with Crippen LogP contribution in [0.1, 0.15) is 49.3 Å². The van der Waals surface area contributed by atoms with Crippen LogP contribution < -0.4 is 5.32 Å². The third kappa shape index (κ3) is 3.44. The molecule has 2 atom stereocenters. The van der Waals surface area contributed by atoms with Crippen molar-refractivity contribution < 1.29 is 14.6 Å². The van der Waals surface area contributed by atoms with Crippen LogP contribution in [0.3, 0.4) is 0 Å². The van der Waals surface area contributed by atoms with Crippen molar-refractivity contribution in [1.82, 2.24) is 5.32 Å². The standard InChI is InChI=1S/C17H23NO3/c19-15-10-12-6-4-5-9-14(12)17(15)18-16(20)11-21-13-7-2-1-3-8-13/h4-6,9,13,15,17,19H,1-3,7-8,10-11H2,(H,18,20)/t15-,17+/m0/s1. The van der Waals surface area contributed by atoms with Gasteiger partial charge >= 0.3 is 0 Å². The van der Waals surface area contributed by atoms with Gasteiger partial charge in [-0.25, -0.2) is 0 Å². The van der Waals surface area contributed by atoms with Crippen LogP contribution in [0.25, 0.3) is 0 Å². The molecule has 4 nitrogen and oxygen atoms in total. The van der Waals surface area contributed by atoms with Crippen LogP contribution in [-0.2, 0) is 16.0 Å². The molecule has 1 saturated carbocycles. The van der Waals surface area contributed by atoms with E-state index in [0.29, 0.717) is 6.42 Å². The Morgan fingerprint density at radius 1 is 1.24 bits per heavy atom. The topological polar surface area (TPSA) is 58.6 Å². The van der Waals surface area contributed by atoms with E-state index in [9.17, 15) is 9.90 Å². The lowest BCUT2D eigenvalue weighted by Gasteiger charge is -2.23. The fourth-order valence-corrected chi connectivity index (χ4v) is 3.39. The molecule has 1 aromatic rings. The van der Waals surface area contributed by atoms with E-state index in [1.54, 1.807) is 0 Å². The molecule has 0 unspecified atom stereocenters. The zero-order valence-electron chi connectivity index (χ0n) is 12.3. The Morgan fingerprint density at radius 3 is 2.81 bits per heavy atom. The van der Waals surface area contributed by atoms with E-state index in [1.165, 1.54) is 19.3 Å². The SMILES string of the molecule is O=C(COC1CCCCC1)N[C@@H]1c2ccccc2C[C@@H]1O. The van der Waals surface area contributed by atoms with E-state index in [0.717, 1.165) is 24.0 Å². The number of carbonyl (C=O) groups is 1. The smallest absolute Gasteiger partial charge is 0.246 e. The van der Waals surface area contributed by atoms with Crippen molar-refractivity contribution in [1.29, 1.82) is 0 Å². The molecule has 0 aliphatic heterocycles. The zero-order chi connectivity index (χ0) is 14.7. The van der Waals surface area contributed by atoms with Crippen molar-refractivity contribution in [2.75, 3.05) is 6.61 Å². The highest BCUT2D eigenvalue weighted by atomic mass is 16.5. The molecule has 3 rings (SSSR count). The molecule has 21 heavy (non-hydrogen) atoms. The summed E-state index contributed by atoms with van der Waals surface area (Å²) in [7, 11) is 0. The molecule has 0 spiro atoms. The number of nitrogens with one attached hydrogen (secondary N) is 1. The van der Waals surface area contributed by atoms with Gasteiger partial charge in [0.15, 0.2) is 0 Å². The largest absolute Gasteiger partial charge is 0.390 e. The number of hydrogen-bond donors (Lipinski definition) is 2. The average Bonchev–Trinajstić information content (AvgIpc) is 2.82. The Bertz CT molecular complexity index is 497. The molecular weight excluding hydrogens is 266 g/mol. The summed E-state index contributed by atoms with van der Waals surface area (Å²) in [6.45, 7) is 0.0933. The number of benzene rings is 1. The summed E-state index contributed by atoms with van der Waals surface area (Å²) in [4.78, 5) is 12.0. The van der Waals surface area contributed by atoms with Gasteiger partial charge in [0.2, 0.25) is 5.91 Å². The summed E-state index contributed by atoms with van der Waals surface area (Å²) in [5.41, 5.74) is 2.14. The van der Waals surface area contributed by atoms with Crippen molar-refractivity contribution in [3.63, 3.8) is 0 Å². The second-order valence-electron chi connectivity index (χ2n) is 6.09. The number of hydrogen-bond acceptors (Lipinski definition) is 3. The van der Waals surface area contributed by atoms with Gasteiger partial charge in [0, 0.05) is 6.42 Å². The number of fused-ring (bicyclic) bond motifs is 1. The molecule has 0 heterocycles. The van der Waals surface area contributed by atoms with E-state index in [2.05, 4.69) is 5.32 Å². The van der Waals surface area contributed by atoms with Crippen LogP contribution in [0.2, 0.25) is 0 Å². The summed E-state index contributed by atoms with van der Waals surface area (Å²) in [5.74, 6) is -0.138. The van der Waals surface area contributed by atoms with E-state index >= 15 is 0 Å². The third-order valence-corrected chi connectivity index (χ3v) is 4.52. The van der Waals surface area contributed by atoms with Gasteiger partial charge in [-0.1, -0.05) is 43.5 Å². The monoisotopic (exact) mass is 289 g/mol. The molecule has 114 valence electrons. The van der Waals surface area contributed by atoms with Crippen LogP contribution in [0.15, 0.2) is 24.3 Å². The number of rotatable bonds is 4. The van der Waals surface area contributed by atoms with Gasteiger partial charge in [0.05, 0.1) is 18.2 Å². The minimum atomic E-state index is -0.541. The fraction of sp³-hybridized carbons (Fsp3) is 0.588. The van der Waals surface area contributed by atoms with Gasteiger partial charge in [-0.3, -0.25) is 4.79 Å². The van der Waals surface area contributed by atoms with Crippen LogP contribution in [-0.4, -0.2) is 29.8 Å². The van der Waals surface area contributed by atoms with Crippen LogP contribution >= 0.6 is 0 Å². The second kappa shape index (κ2) is 6.58. The quantitative estimate of drug-likeness (QED) is 0.892. The first-order valence-electron chi connectivity index (χ1n) is 7.91. The minimum absolute atomic E-state index is 0.0933. The Hall–Kier alpha value is -1.39. The molecule has 0 saturated heterocycles. The molecule has 2 aliphatic carbocycles. The molecule has 0 aromatic heterocycles. The Kier molecular flexibility index (Phi) is 4.56. The van der Waals surface area contributed by atoms with Crippen molar-refractivity contribution in [3.8, 4) is 0 Å². The van der Waals surface area contributed by atoms with E-state index in [1.807, 2.05) is 24.3 Å². The van der Waals surface area contributed by atoms with E-state index in [4.69, 9.17) is 4.74 Å². The highest BCUT2D eigenvalue weighted by Crippen LogP contribution is 2.31. The highest BCUT2D eigenvalue weighted by molar-refractivity contribution is 5.78. The molecule has 2 aliphatic rings. The van der Waals surface area contributed by atoms with Crippen molar-refractivity contribution in [3.05, 3.63) is 35.4 Å². The summed E-state index contributed by atoms with van der Waals surface area (Å²) in [6, 6.07) is 7.57. The first-order chi connectivity index (χ1) is 10.2. The lowest BCUT2D eigenvalue weighted by Crippen LogP contribution is -2.37. The predicted molar refractivity (Wildman–Crippen MR) is 79.9 cm³/mol. The normalized spacial score (nSPS) is 25.6. The van der Waals surface area contributed by atoms with Crippen molar-refractivity contribution >= 4 is 5.91 Å². The number of amides is 1. The van der Waals surface area contributed by atoms with Crippen LogP contribution in [0, 0.1) is 0 Å². The Balaban J connectivity index is 1.52. The second-order valence-corrected chi connectivity index (χ2v) is 6.09. The number of aliphatic hydroxyl groups is 1. The van der Waals surface area contributed by atoms with Gasteiger partial charge in [0.1, 0.15) is 6.61 Å². The maximum atomic E-state index is 12.0. The lowest BCUT2D eigenvalue weighted by atomic mass is 9.98. The molecular formula is C17H23NO3. The molecule has 1 aromatic carbocycles. The van der Waals surface area contributed by atoms with Gasteiger partial charge < -0.3 is 15.2 Å². The van der Waals surface area contributed by atoms with Crippen LogP contribution in [0.4, 0.5) is 0 Å². The first-order valence-corrected chi connectivity index (χ1v) is 7.91. The molecule has 4 heteroatoms. The minimum Gasteiger partial charge on any atom is -0.390 e. The number of ether oxygens (including phenoxy) is 1. The lowest BCUT2D eigenvalue weighted by molar-refractivity contribution is -0.129. The fourth-order valence-electron chi connectivity index (χ4n) is 3.39. The van der Waals surface area contributed by atoms with Crippen LogP contribution in [0.5, 0.6) is 0 Å².